The summed E-state index contributed by atoms with van der Waals surface area (Å²) in [7, 11) is 0. The number of halogens is 2. The number of unbranched alkanes of at least 4 members (excludes halogenated alkanes) is 1. The highest BCUT2D eigenvalue weighted by Gasteiger charge is 2.15. The summed E-state index contributed by atoms with van der Waals surface area (Å²) < 4.78 is 33.7. The monoisotopic (exact) mass is 424 g/mol. The Morgan fingerprint density at radius 1 is 1.00 bits per heavy atom. The number of ether oxygens (including phenoxy) is 1. The van der Waals surface area contributed by atoms with Gasteiger partial charge in [-0.15, -0.1) is 0 Å². The van der Waals surface area contributed by atoms with Gasteiger partial charge >= 0.3 is 0 Å². The topological polar surface area (TPSA) is 9.23 Å². The Labute approximate surface area is 185 Å². The lowest BCUT2D eigenvalue weighted by Crippen LogP contribution is -2.03. The molecule has 3 rings (SSSR count). The third-order valence-corrected chi connectivity index (χ3v) is 6.02. The van der Waals surface area contributed by atoms with Crippen LogP contribution in [0.2, 0.25) is 0 Å². The van der Waals surface area contributed by atoms with E-state index in [1.54, 1.807) is 18.6 Å². The molecule has 31 heavy (non-hydrogen) atoms. The van der Waals surface area contributed by atoms with Crippen LogP contribution in [0, 0.1) is 17.6 Å². The average Bonchev–Trinajstić information content (AvgIpc) is 2.80. The fourth-order valence-corrected chi connectivity index (χ4v) is 4.13. The molecular weight excluding hydrogens is 390 g/mol. The summed E-state index contributed by atoms with van der Waals surface area (Å²) in [6.45, 7) is 4.30. The summed E-state index contributed by atoms with van der Waals surface area (Å²) in [5, 5.41) is 0. The van der Waals surface area contributed by atoms with Gasteiger partial charge in [0.2, 0.25) is 5.82 Å². The van der Waals surface area contributed by atoms with Crippen molar-refractivity contribution in [3.05, 3.63) is 77.4 Å². The lowest BCUT2D eigenvalue weighted by Gasteiger charge is -2.19. The molecule has 0 amide bonds. The lowest BCUT2D eigenvalue weighted by atomic mass is 9.87. The van der Waals surface area contributed by atoms with Crippen LogP contribution in [0.5, 0.6) is 5.75 Å². The summed E-state index contributed by atoms with van der Waals surface area (Å²) in [4.78, 5) is 0. The van der Waals surface area contributed by atoms with Crippen molar-refractivity contribution in [1.29, 1.82) is 0 Å². The fourth-order valence-electron chi connectivity index (χ4n) is 4.13. The van der Waals surface area contributed by atoms with Gasteiger partial charge in [0.15, 0.2) is 11.6 Å². The van der Waals surface area contributed by atoms with Crippen LogP contribution in [0.1, 0.15) is 64.4 Å². The normalized spacial score (nSPS) is 16.5. The second-order valence-corrected chi connectivity index (χ2v) is 8.34. The van der Waals surface area contributed by atoms with Gasteiger partial charge in [-0.3, -0.25) is 0 Å². The first-order valence-electron chi connectivity index (χ1n) is 11.7. The van der Waals surface area contributed by atoms with Crippen molar-refractivity contribution < 1.29 is 13.5 Å². The Bertz CT molecular complexity index is 896. The highest BCUT2D eigenvalue weighted by Crippen LogP contribution is 2.30. The van der Waals surface area contributed by atoms with Gasteiger partial charge in [-0.1, -0.05) is 61.4 Å². The van der Waals surface area contributed by atoms with E-state index in [0.717, 1.165) is 12.8 Å². The zero-order valence-corrected chi connectivity index (χ0v) is 18.8. The number of benzene rings is 2. The van der Waals surface area contributed by atoms with Gasteiger partial charge in [0, 0.05) is 5.56 Å². The second-order valence-electron chi connectivity index (χ2n) is 8.34. The predicted molar refractivity (Wildman–Crippen MR) is 125 cm³/mol. The van der Waals surface area contributed by atoms with Gasteiger partial charge in [0.05, 0.1) is 6.61 Å². The summed E-state index contributed by atoms with van der Waals surface area (Å²) >= 11 is 0. The van der Waals surface area contributed by atoms with Crippen molar-refractivity contribution in [1.82, 2.24) is 0 Å². The summed E-state index contributed by atoms with van der Waals surface area (Å²) in [5.41, 5.74) is 3.78. The third-order valence-electron chi connectivity index (χ3n) is 6.02. The number of hydrogen-bond donors (Lipinski definition) is 0. The summed E-state index contributed by atoms with van der Waals surface area (Å²) in [6.07, 6.45) is 16.6. The first-order chi connectivity index (χ1) is 15.1. The molecule has 0 radical (unpaired) electrons. The molecule has 0 N–H and O–H groups in total. The standard InChI is InChI=1S/C28H34F2O/c1-3-5-8-21-11-13-22(14-12-21)9-6-7-10-23-15-17-24(18-16-23)25-19-20-26(31-4-2)28(30)27(25)29/h6,9,11,15-20,22H,3-5,7-8,10,12-14H2,1-2H3. The smallest absolute Gasteiger partial charge is 0.201 e. The van der Waals surface area contributed by atoms with Gasteiger partial charge < -0.3 is 4.74 Å². The second kappa shape index (κ2) is 11.8. The van der Waals surface area contributed by atoms with Gasteiger partial charge in [0.1, 0.15) is 0 Å². The third kappa shape index (κ3) is 6.53. The maximum absolute atomic E-state index is 14.4. The molecule has 166 valence electrons. The molecule has 1 unspecified atom stereocenters. The summed E-state index contributed by atoms with van der Waals surface area (Å²) in [5.74, 6) is -1.16. The Morgan fingerprint density at radius 2 is 1.81 bits per heavy atom. The molecule has 2 aromatic rings. The van der Waals surface area contributed by atoms with Crippen LogP contribution < -0.4 is 4.74 Å². The minimum atomic E-state index is -0.927. The molecule has 0 aliphatic heterocycles. The Morgan fingerprint density at radius 3 is 2.48 bits per heavy atom. The number of aryl methyl sites for hydroxylation is 1. The van der Waals surface area contributed by atoms with E-state index in [0.29, 0.717) is 18.1 Å². The fraction of sp³-hybridized carbons (Fsp3) is 0.429. The van der Waals surface area contributed by atoms with Crippen LogP contribution in [0.3, 0.4) is 0 Å². The van der Waals surface area contributed by atoms with Crippen molar-refractivity contribution >= 4 is 0 Å². The molecular formula is C28H34F2O. The zero-order valence-electron chi connectivity index (χ0n) is 18.8. The molecule has 0 saturated carbocycles. The number of allylic oxidation sites excluding steroid dienone is 4. The minimum Gasteiger partial charge on any atom is -0.491 e. The van der Waals surface area contributed by atoms with E-state index in [4.69, 9.17) is 4.74 Å². The highest BCUT2D eigenvalue weighted by atomic mass is 19.2. The van der Waals surface area contributed by atoms with E-state index < -0.39 is 11.6 Å². The van der Waals surface area contributed by atoms with E-state index in [9.17, 15) is 8.78 Å². The molecule has 0 fully saturated rings. The predicted octanol–water partition coefficient (Wildman–Crippen LogP) is 8.44. The minimum absolute atomic E-state index is 0.0437. The first kappa shape index (κ1) is 23.2. The highest BCUT2D eigenvalue weighted by molar-refractivity contribution is 5.65. The van der Waals surface area contributed by atoms with E-state index >= 15 is 0 Å². The van der Waals surface area contributed by atoms with Crippen molar-refractivity contribution in [3.8, 4) is 16.9 Å². The molecule has 0 heterocycles. The van der Waals surface area contributed by atoms with Gasteiger partial charge in [-0.05, 0) is 81.0 Å². The molecule has 1 atom stereocenters. The lowest BCUT2D eigenvalue weighted by molar-refractivity contribution is 0.314. The molecule has 1 nitrogen and oxygen atoms in total. The molecule has 0 bridgehead atoms. The number of hydrogen-bond acceptors (Lipinski definition) is 1. The van der Waals surface area contributed by atoms with E-state index in [2.05, 4.69) is 25.2 Å². The van der Waals surface area contributed by atoms with E-state index in [-0.39, 0.29) is 11.3 Å². The quantitative estimate of drug-likeness (QED) is 0.348. The Balaban J connectivity index is 1.51. The van der Waals surface area contributed by atoms with Gasteiger partial charge in [0.25, 0.3) is 0 Å². The van der Waals surface area contributed by atoms with Crippen LogP contribution in [-0.4, -0.2) is 6.61 Å². The van der Waals surface area contributed by atoms with Crippen molar-refractivity contribution in [2.24, 2.45) is 5.92 Å². The van der Waals surface area contributed by atoms with Crippen LogP contribution in [0.25, 0.3) is 11.1 Å². The Hall–Kier alpha value is -2.42. The van der Waals surface area contributed by atoms with E-state index in [1.807, 2.05) is 24.3 Å². The Kier molecular flexibility index (Phi) is 8.87. The largest absolute Gasteiger partial charge is 0.491 e. The molecule has 1 aliphatic rings. The van der Waals surface area contributed by atoms with Crippen LogP contribution in [-0.2, 0) is 6.42 Å². The molecule has 1 aliphatic carbocycles. The van der Waals surface area contributed by atoms with Crippen molar-refractivity contribution in [2.75, 3.05) is 6.61 Å². The zero-order chi connectivity index (χ0) is 22.1. The molecule has 0 saturated heterocycles. The van der Waals surface area contributed by atoms with Crippen molar-refractivity contribution in [3.63, 3.8) is 0 Å². The van der Waals surface area contributed by atoms with E-state index in [1.165, 1.54) is 50.2 Å². The average molecular weight is 425 g/mol. The maximum atomic E-state index is 14.4. The summed E-state index contributed by atoms with van der Waals surface area (Å²) in [6, 6.07) is 10.8. The first-order valence-corrected chi connectivity index (χ1v) is 11.7. The molecule has 2 aromatic carbocycles. The maximum Gasteiger partial charge on any atom is 0.201 e. The number of rotatable bonds is 10. The molecule has 3 heteroatoms. The van der Waals surface area contributed by atoms with Crippen molar-refractivity contribution in [2.45, 2.75) is 65.2 Å². The van der Waals surface area contributed by atoms with Gasteiger partial charge in [-0.2, -0.15) is 4.39 Å². The SMILES string of the molecule is CCCCC1=CCC(C=CCCc2ccc(-c3ccc(OCC)c(F)c3F)cc2)CC1. The molecule has 0 aromatic heterocycles. The van der Waals surface area contributed by atoms with Gasteiger partial charge in [-0.25, -0.2) is 4.39 Å². The van der Waals surface area contributed by atoms with Crippen LogP contribution >= 0.6 is 0 Å². The van der Waals surface area contributed by atoms with Crippen LogP contribution in [0.4, 0.5) is 8.78 Å². The molecule has 0 spiro atoms. The van der Waals surface area contributed by atoms with Crippen LogP contribution in [0.15, 0.2) is 60.2 Å².